The highest BCUT2D eigenvalue weighted by Crippen LogP contribution is 2.22. The molecule has 1 saturated heterocycles. The minimum Gasteiger partial charge on any atom is -0.394 e. The molecule has 1 aliphatic heterocycles. The Balaban J connectivity index is 2.47. The Kier molecular flexibility index (Phi) is 23.4. The zero-order valence-electron chi connectivity index (χ0n) is 26.5. The monoisotopic (exact) mass is 612 g/mol. The van der Waals surface area contributed by atoms with Crippen molar-refractivity contribution in [2.75, 3.05) is 19.8 Å². The molecule has 1 heterocycles. The standard InChI is InChI=1S/C33H60N2O8/c1-3-5-7-9-11-13-14-15-17-19-21-23-34-32(41)26(35-28(37)22-20-18-16-12-10-8-6-4-2)25-42-33-31(40)30(39)29(38)27(24-36)43-33/h2,26-27,29-31,33,36,38-40H,3,5-25H2,1H3,(H,34,41)(H,35,37)/t26-,27+,29-,30-,31+,33-/m0/s1. The first kappa shape index (κ1) is 39.3. The molecular formula is C33H60N2O8. The zero-order valence-corrected chi connectivity index (χ0v) is 26.5. The number of ether oxygens (including phenoxy) is 2. The van der Waals surface area contributed by atoms with Gasteiger partial charge in [0.05, 0.1) is 13.2 Å². The molecule has 10 heteroatoms. The first-order valence-corrected chi connectivity index (χ1v) is 16.8. The highest BCUT2D eigenvalue weighted by molar-refractivity contribution is 5.87. The van der Waals surface area contributed by atoms with Crippen LogP contribution in [0.2, 0.25) is 0 Å². The summed E-state index contributed by atoms with van der Waals surface area (Å²) in [5.74, 6) is 1.95. The lowest BCUT2D eigenvalue weighted by Crippen LogP contribution is -2.60. The lowest BCUT2D eigenvalue weighted by atomic mass is 9.99. The summed E-state index contributed by atoms with van der Waals surface area (Å²) in [6, 6.07) is -1.03. The Bertz CT molecular complexity index is 760. The van der Waals surface area contributed by atoms with Crippen LogP contribution in [0.25, 0.3) is 0 Å². The molecule has 250 valence electrons. The van der Waals surface area contributed by atoms with Crippen LogP contribution in [0.15, 0.2) is 0 Å². The van der Waals surface area contributed by atoms with Crippen molar-refractivity contribution in [2.45, 2.75) is 166 Å². The van der Waals surface area contributed by atoms with Crippen molar-refractivity contribution in [3.8, 4) is 12.3 Å². The van der Waals surface area contributed by atoms with E-state index in [4.69, 9.17) is 15.9 Å². The van der Waals surface area contributed by atoms with E-state index in [9.17, 15) is 30.0 Å². The summed E-state index contributed by atoms with van der Waals surface area (Å²) < 4.78 is 11.0. The number of aliphatic hydroxyl groups is 4. The Hall–Kier alpha value is -1.74. The van der Waals surface area contributed by atoms with Gasteiger partial charge in [-0.2, -0.15) is 0 Å². The zero-order chi connectivity index (χ0) is 31.7. The molecule has 0 saturated carbocycles. The second-order valence-corrected chi connectivity index (χ2v) is 11.8. The fourth-order valence-corrected chi connectivity index (χ4v) is 5.19. The van der Waals surface area contributed by atoms with E-state index >= 15 is 0 Å². The summed E-state index contributed by atoms with van der Waals surface area (Å²) in [6.07, 6.45) is 18.1. The summed E-state index contributed by atoms with van der Waals surface area (Å²) in [5, 5.41) is 45.3. The Morgan fingerprint density at radius 2 is 1.37 bits per heavy atom. The number of carbonyl (C=O) groups is 2. The molecule has 43 heavy (non-hydrogen) atoms. The third-order valence-corrected chi connectivity index (χ3v) is 7.98. The van der Waals surface area contributed by atoms with Gasteiger partial charge in [-0.3, -0.25) is 9.59 Å². The largest absolute Gasteiger partial charge is 0.394 e. The number of nitrogens with one attached hydrogen (secondary N) is 2. The SMILES string of the molecule is C#CCCCCCCCCC(=O)N[C@@H](CO[C@H]1O[C@H](CO)[C@H](O)[C@H](O)[C@H]1O)C(=O)NCCCCCCCCCCCCC. The van der Waals surface area contributed by atoms with E-state index < -0.39 is 49.3 Å². The first-order valence-electron chi connectivity index (χ1n) is 16.8. The van der Waals surface area contributed by atoms with Gasteiger partial charge in [0.25, 0.3) is 0 Å². The molecular weight excluding hydrogens is 552 g/mol. The molecule has 10 nitrogen and oxygen atoms in total. The van der Waals surface area contributed by atoms with E-state index in [1.807, 2.05) is 0 Å². The van der Waals surface area contributed by atoms with E-state index in [1.54, 1.807) is 0 Å². The van der Waals surface area contributed by atoms with Crippen LogP contribution >= 0.6 is 0 Å². The van der Waals surface area contributed by atoms with Gasteiger partial charge in [0.15, 0.2) is 6.29 Å². The summed E-state index contributed by atoms with van der Waals surface area (Å²) in [5.41, 5.74) is 0. The molecule has 0 aromatic rings. The summed E-state index contributed by atoms with van der Waals surface area (Å²) in [4.78, 5) is 25.7. The van der Waals surface area contributed by atoms with Crippen LogP contribution in [0.1, 0.15) is 129 Å². The van der Waals surface area contributed by atoms with Crippen LogP contribution in [-0.2, 0) is 19.1 Å². The average molecular weight is 613 g/mol. The molecule has 6 N–H and O–H groups in total. The van der Waals surface area contributed by atoms with Crippen LogP contribution in [0.4, 0.5) is 0 Å². The van der Waals surface area contributed by atoms with Crippen LogP contribution in [0.3, 0.4) is 0 Å². The average Bonchev–Trinajstić information content (AvgIpc) is 3.00. The molecule has 2 amide bonds. The maximum Gasteiger partial charge on any atom is 0.244 e. The van der Waals surface area contributed by atoms with Crippen molar-refractivity contribution in [3.05, 3.63) is 0 Å². The van der Waals surface area contributed by atoms with Crippen molar-refractivity contribution >= 4 is 11.8 Å². The summed E-state index contributed by atoms with van der Waals surface area (Å²) in [7, 11) is 0. The number of rotatable bonds is 26. The predicted octanol–water partition coefficient (Wildman–Crippen LogP) is 3.47. The fourth-order valence-electron chi connectivity index (χ4n) is 5.19. The highest BCUT2D eigenvalue weighted by atomic mass is 16.7. The van der Waals surface area contributed by atoms with Crippen LogP contribution in [-0.4, -0.2) is 88.7 Å². The maximum absolute atomic E-state index is 13.0. The third-order valence-electron chi connectivity index (χ3n) is 7.98. The molecule has 6 atom stereocenters. The second kappa shape index (κ2) is 25.6. The van der Waals surface area contributed by atoms with E-state index in [0.29, 0.717) is 13.0 Å². The number of terminal acetylenes is 1. The molecule has 0 bridgehead atoms. The van der Waals surface area contributed by atoms with Gasteiger partial charge in [-0.25, -0.2) is 0 Å². The number of carbonyl (C=O) groups excluding carboxylic acids is 2. The quantitative estimate of drug-likeness (QED) is 0.0640. The second-order valence-electron chi connectivity index (χ2n) is 11.8. The van der Waals surface area contributed by atoms with Crippen molar-refractivity contribution in [3.63, 3.8) is 0 Å². The Morgan fingerprint density at radius 1 is 0.814 bits per heavy atom. The van der Waals surface area contributed by atoms with Gasteiger partial charge < -0.3 is 40.5 Å². The lowest BCUT2D eigenvalue weighted by molar-refractivity contribution is -0.301. The molecule has 1 aliphatic rings. The topological polar surface area (TPSA) is 158 Å². The van der Waals surface area contributed by atoms with Gasteiger partial charge >= 0.3 is 0 Å². The molecule has 0 aromatic heterocycles. The number of hydrogen-bond donors (Lipinski definition) is 6. The lowest BCUT2D eigenvalue weighted by Gasteiger charge is -2.39. The first-order chi connectivity index (χ1) is 20.8. The highest BCUT2D eigenvalue weighted by Gasteiger charge is 2.44. The number of unbranched alkanes of at least 4 members (excludes halogenated alkanes) is 16. The van der Waals surface area contributed by atoms with Gasteiger partial charge in [0.2, 0.25) is 11.8 Å². The Labute approximate surface area is 259 Å². The van der Waals surface area contributed by atoms with Crippen molar-refractivity contribution in [2.24, 2.45) is 0 Å². The molecule has 0 unspecified atom stereocenters. The molecule has 1 rings (SSSR count). The van der Waals surface area contributed by atoms with Gasteiger partial charge in [-0.15, -0.1) is 12.3 Å². The summed E-state index contributed by atoms with van der Waals surface area (Å²) >= 11 is 0. The van der Waals surface area contributed by atoms with Crippen LogP contribution in [0, 0.1) is 12.3 Å². The van der Waals surface area contributed by atoms with Crippen molar-refractivity contribution in [1.29, 1.82) is 0 Å². The molecule has 0 aliphatic carbocycles. The van der Waals surface area contributed by atoms with E-state index in [2.05, 4.69) is 23.5 Å². The number of aliphatic hydroxyl groups excluding tert-OH is 4. The third kappa shape index (κ3) is 18.0. The van der Waals surface area contributed by atoms with Gasteiger partial charge in [0.1, 0.15) is 30.5 Å². The van der Waals surface area contributed by atoms with E-state index in [-0.39, 0.29) is 18.9 Å². The smallest absolute Gasteiger partial charge is 0.244 e. The van der Waals surface area contributed by atoms with Crippen molar-refractivity contribution < 1.29 is 39.5 Å². The predicted molar refractivity (Wildman–Crippen MR) is 167 cm³/mol. The maximum atomic E-state index is 13.0. The van der Waals surface area contributed by atoms with E-state index in [1.165, 1.54) is 51.4 Å². The van der Waals surface area contributed by atoms with Crippen LogP contribution < -0.4 is 10.6 Å². The van der Waals surface area contributed by atoms with Crippen LogP contribution in [0.5, 0.6) is 0 Å². The minimum atomic E-state index is -1.59. The van der Waals surface area contributed by atoms with Crippen molar-refractivity contribution in [1.82, 2.24) is 10.6 Å². The van der Waals surface area contributed by atoms with E-state index in [0.717, 1.165) is 57.8 Å². The fraction of sp³-hybridized carbons (Fsp3) is 0.879. The van der Waals surface area contributed by atoms with Gasteiger partial charge in [-0.05, 0) is 19.3 Å². The molecule has 0 radical (unpaired) electrons. The normalized spacial score (nSPS) is 22.6. The molecule has 0 aromatic carbocycles. The number of hydrogen-bond acceptors (Lipinski definition) is 8. The Morgan fingerprint density at radius 3 is 1.95 bits per heavy atom. The molecule has 0 spiro atoms. The minimum absolute atomic E-state index is 0.271. The van der Waals surface area contributed by atoms with Gasteiger partial charge in [-0.1, -0.05) is 96.8 Å². The van der Waals surface area contributed by atoms with Gasteiger partial charge in [0, 0.05) is 19.4 Å². The summed E-state index contributed by atoms with van der Waals surface area (Å²) in [6.45, 7) is 1.80. The number of amides is 2. The molecule has 1 fully saturated rings.